The van der Waals surface area contributed by atoms with E-state index < -0.39 is 0 Å². The van der Waals surface area contributed by atoms with Crippen LogP contribution in [0.25, 0.3) is 0 Å². The molecule has 1 unspecified atom stereocenters. The van der Waals surface area contributed by atoms with Crippen molar-refractivity contribution in [2.75, 3.05) is 6.54 Å². The quantitative estimate of drug-likeness (QED) is 0.732. The number of nitrogens with one attached hydrogen (secondary N) is 1. The average molecular weight is 329 g/mol. The number of ether oxygens (including phenoxy) is 1. The Hall–Kier alpha value is -1.26. The molecule has 0 aliphatic heterocycles. The molecule has 0 bridgehead atoms. The van der Waals surface area contributed by atoms with Crippen molar-refractivity contribution < 1.29 is 9.53 Å². The van der Waals surface area contributed by atoms with Gasteiger partial charge in [0, 0.05) is 18.2 Å². The number of benzene rings is 1. The summed E-state index contributed by atoms with van der Waals surface area (Å²) in [6, 6.07) is 7.74. The Kier molecular flexibility index (Phi) is 10.7. The number of carbonyl (C=O) groups excluding carboxylic acids is 1. The van der Waals surface area contributed by atoms with Crippen LogP contribution >= 0.6 is 12.4 Å². The molecule has 1 rings (SSSR count). The van der Waals surface area contributed by atoms with Crippen molar-refractivity contribution in [3.63, 3.8) is 0 Å². The van der Waals surface area contributed by atoms with Gasteiger partial charge < -0.3 is 15.8 Å². The minimum atomic E-state index is 0. The summed E-state index contributed by atoms with van der Waals surface area (Å²) in [6.45, 7) is 6.57. The Balaban J connectivity index is 0.00000441. The van der Waals surface area contributed by atoms with Gasteiger partial charge in [0.25, 0.3) is 0 Å². The van der Waals surface area contributed by atoms with Gasteiger partial charge in [0.15, 0.2) is 0 Å². The summed E-state index contributed by atoms with van der Waals surface area (Å²) in [5.74, 6) is 0.780. The van der Waals surface area contributed by atoms with E-state index >= 15 is 0 Å². The van der Waals surface area contributed by atoms with Crippen LogP contribution < -0.4 is 15.8 Å². The Morgan fingerprint density at radius 2 is 2.00 bits per heavy atom. The van der Waals surface area contributed by atoms with Crippen molar-refractivity contribution in [2.24, 2.45) is 5.73 Å². The molecule has 1 amide bonds. The van der Waals surface area contributed by atoms with Crippen LogP contribution in [0.1, 0.15) is 45.6 Å². The maximum atomic E-state index is 12.2. The smallest absolute Gasteiger partial charge is 0.224 e. The summed E-state index contributed by atoms with van der Waals surface area (Å²) < 4.78 is 5.74. The zero-order chi connectivity index (χ0) is 15.7. The lowest BCUT2D eigenvalue weighted by atomic mass is 10.1. The summed E-state index contributed by atoms with van der Waals surface area (Å²) >= 11 is 0. The first kappa shape index (κ1) is 20.7. The second kappa shape index (κ2) is 11.3. The topological polar surface area (TPSA) is 64.3 Å². The molecule has 0 aliphatic rings. The van der Waals surface area contributed by atoms with E-state index in [9.17, 15) is 4.79 Å². The highest BCUT2D eigenvalue weighted by atomic mass is 35.5. The molecular formula is C17H29ClN2O2. The van der Waals surface area contributed by atoms with Gasteiger partial charge >= 0.3 is 0 Å². The Morgan fingerprint density at radius 1 is 1.32 bits per heavy atom. The summed E-state index contributed by atoms with van der Waals surface area (Å²) in [7, 11) is 0. The first-order valence-electron chi connectivity index (χ1n) is 7.80. The minimum absolute atomic E-state index is 0. The van der Waals surface area contributed by atoms with Crippen molar-refractivity contribution in [3.05, 3.63) is 29.8 Å². The number of unbranched alkanes of at least 4 members (excludes halogenated alkanes) is 1. The molecule has 22 heavy (non-hydrogen) atoms. The van der Waals surface area contributed by atoms with Crippen molar-refractivity contribution in [1.29, 1.82) is 0 Å². The molecule has 1 aromatic carbocycles. The molecule has 1 aromatic rings. The molecule has 0 spiro atoms. The Labute approximate surface area is 140 Å². The SMILES string of the molecule is CCCCC(CN)NC(=O)Cc1ccccc1OC(C)C.Cl. The van der Waals surface area contributed by atoms with Gasteiger partial charge in [0.2, 0.25) is 5.91 Å². The zero-order valence-corrected chi connectivity index (χ0v) is 14.6. The summed E-state index contributed by atoms with van der Waals surface area (Å²) in [4.78, 5) is 12.2. The van der Waals surface area contributed by atoms with E-state index in [1.165, 1.54) is 0 Å². The Bertz CT molecular complexity index is 438. The molecule has 0 aliphatic carbocycles. The van der Waals surface area contributed by atoms with Gasteiger partial charge in [-0.25, -0.2) is 0 Å². The lowest BCUT2D eigenvalue weighted by molar-refractivity contribution is -0.121. The highest BCUT2D eigenvalue weighted by molar-refractivity contribution is 5.85. The van der Waals surface area contributed by atoms with Gasteiger partial charge in [-0.3, -0.25) is 4.79 Å². The fourth-order valence-corrected chi connectivity index (χ4v) is 2.17. The molecule has 0 saturated heterocycles. The predicted octanol–water partition coefficient (Wildman–Crippen LogP) is 3.07. The molecule has 1 atom stereocenters. The number of nitrogens with two attached hydrogens (primary N) is 1. The van der Waals surface area contributed by atoms with Gasteiger partial charge in [-0.05, 0) is 26.3 Å². The minimum Gasteiger partial charge on any atom is -0.491 e. The van der Waals surface area contributed by atoms with E-state index in [1.807, 2.05) is 38.1 Å². The number of amides is 1. The van der Waals surface area contributed by atoms with E-state index in [0.717, 1.165) is 30.6 Å². The zero-order valence-electron chi connectivity index (χ0n) is 13.8. The Morgan fingerprint density at radius 3 is 2.59 bits per heavy atom. The standard InChI is InChI=1S/C17H28N2O2.ClH/c1-4-5-9-15(12-18)19-17(20)11-14-8-6-7-10-16(14)21-13(2)3;/h6-8,10,13,15H,4-5,9,11-12,18H2,1-3H3,(H,19,20);1H. The van der Waals surface area contributed by atoms with E-state index in [1.54, 1.807) is 0 Å². The monoisotopic (exact) mass is 328 g/mol. The number of rotatable bonds is 9. The molecule has 0 aromatic heterocycles. The molecular weight excluding hydrogens is 300 g/mol. The summed E-state index contributed by atoms with van der Waals surface area (Å²) in [5, 5.41) is 3.01. The van der Waals surface area contributed by atoms with Gasteiger partial charge in [0.05, 0.1) is 12.5 Å². The van der Waals surface area contributed by atoms with E-state index in [-0.39, 0.29) is 30.5 Å². The predicted molar refractivity (Wildman–Crippen MR) is 93.7 cm³/mol. The van der Waals surface area contributed by atoms with E-state index in [4.69, 9.17) is 10.5 Å². The fourth-order valence-electron chi connectivity index (χ4n) is 2.17. The largest absolute Gasteiger partial charge is 0.491 e. The highest BCUT2D eigenvalue weighted by Crippen LogP contribution is 2.20. The first-order valence-corrected chi connectivity index (χ1v) is 7.80. The maximum Gasteiger partial charge on any atom is 0.224 e. The van der Waals surface area contributed by atoms with E-state index in [0.29, 0.717) is 13.0 Å². The molecule has 0 radical (unpaired) electrons. The van der Waals surface area contributed by atoms with Crippen LogP contribution in [0.15, 0.2) is 24.3 Å². The molecule has 3 N–H and O–H groups in total. The van der Waals surface area contributed by atoms with Crippen LogP contribution in [-0.2, 0) is 11.2 Å². The highest BCUT2D eigenvalue weighted by Gasteiger charge is 2.13. The van der Waals surface area contributed by atoms with Crippen LogP contribution in [0, 0.1) is 0 Å². The van der Waals surface area contributed by atoms with Crippen LogP contribution in [-0.4, -0.2) is 24.6 Å². The lowest BCUT2D eigenvalue weighted by Crippen LogP contribution is -2.40. The number of carbonyl (C=O) groups is 1. The van der Waals surface area contributed by atoms with Gasteiger partial charge in [-0.1, -0.05) is 38.0 Å². The first-order chi connectivity index (χ1) is 10.1. The van der Waals surface area contributed by atoms with Gasteiger partial charge in [0.1, 0.15) is 5.75 Å². The molecule has 126 valence electrons. The number of halogens is 1. The van der Waals surface area contributed by atoms with Crippen LogP contribution in [0.5, 0.6) is 5.75 Å². The maximum absolute atomic E-state index is 12.2. The number of para-hydroxylation sites is 1. The van der Waals surface area contributed by atoms with Crippen LogP contribution in [0.2, 0.25) is 0 Å². The second-order valence-corrected chi connectivity index (χ2v) is 5.59. The van der Waals surface area contributed by atoms with Crippen LogP contribution in [0.3, 0.4) is 0 Å². The number of hydrogen-bond donors (Lipinski definition) is 2. The van der Waals surface area contributed by atoms with Crippen molar-refractivity contribution >= 4 is 18.3 Å². The fraction of sp³-hybridized carbons (Fsp3) is 0.588. The molecule has 5 heteroatoms. The second-order valence-electron chi connectivity index (χ2n) is 5.59. The van der Waals surface area contributed by atoms with Gasteiger partial charge in [-0.15, -0.1) is 12.4 Å². The molecule has 4 nitrogen and oxygen atoms in total. The average Bonchev–Trinajstić information content (AvgIpc) is 2.45. The number of hydrogen-bond acceptors (Lipinski definition) is 3. The molecule has 0 fully saturated rings. The van der Waals surface area contributed by atoms with Crippen molar-refractivity contribution in [3.8, 4) is 5.75 Å². The van der Waals surface area contributed by atoms with E-state index in [2.05, 4.69) is 12.2 Å². The van der Waals surface area contributed by atoms with Crippen molar-refractivity contribution in [1.82, 2.24) is 5.32 Å². The third-order valence-corrected chi connectivity index (χ3v) is 3.24. The molecule has 0 saturated carbocycles. The third kappa shape index (κ3) is 7.66. The summed E-state index contributed by atoms with van der Waals surface area (Å²) in [6.07, 6.45) is 3.54. The summed E-state index contributed by atoms with van der Waals surface area (Å²) in [5.41, 5.74) is 6.62. The normalized spacial score (nSPS) is 11.7. The van der Waals surface area contributed by atoms with Gasteiger partial charge in [-0.2, -0.15) is 0 Å². The van der Waals surface area contributed by atoms with Crippen LogP contribution in [0.4, 0.5) is 0 Å². The van der Waals surface area contributed by atoms with Crippen molar-refractivity contribution in [2.45, 2.75) is 58.6 Å². The lowest BCUT2D eigenvalue weighted by Gasteiger charge is -2.18. The molecule has 0 heterocycles. The third-order valence-electron chi connectivity index (χ3n) is 3.24.